The van der Waals surface area contributed by atoms with Gasteiger partial charge in [-0.2, -0.15) is 0 Å². The Labute approximate surface area is 175 Å². The maximum atomic E-state index is 13.7. The van der Waals surface area contributed by atoms with Gasteiger partial charge in [0.1, 0.15) is 11.6 Å². The molecule has 8 heteroatoms. The standard InChI is InChI=1S/C22H26F2N2O3S/c1-14-3-12-20(13-21(14)24)30(28,29)26-19-10-6-17(7-11-19)22(27)25-15(2)16-4-8-18(23)9-5-16/h3-5,8-9,12-13,15,17,19,26H,6-7,10-11H2,1-2H3,(H,25,27)/t15-,17-,19-/m1/s1. The fourth-order valence-electron chi connectivity index (χ4n) is 3.67. The van der Waals surface area contributed by atoms with Crippen molar-refractivity contribution < 1.29 is 22.0 Å². The molecule has 2 aromatic rings. The zero-order chi connectivity index (χ0) is 21.9. The highest BCUT2D eigenvalue weighted by molar-refractivity contribution is 7.89. The molecule has 0 saturated heterocycles. The lowest BCUT2D eigenvalue weighted by Gasteiger charge is -2.29. The quantitative estimate of drug-likeness (QED) is 0.719. The van der Waals surface area contributed by atoms with Crippen molar-refractivity contribution in [1.29, 1.82) is 0 Å². The number of rotatable bonds is 6. The lowest BCUT2D eigenvalue weighted by Crippen LogP contribution is -2.41. The first-order valence-electron chi connectivity index (χ1n) is 10.00. The van der Waals surface area contributed by atoms with Crippen molar-refractivity contribution in [2.24, 2.45) is 5.92 Å². The number of sulfonamides is 1. The number of benzene rings is 2. The average molecular weight is 437 g/mol. The number of carbonyl (C=O) groups excluding carboxylic acids is 1. The van der Waals surface area contributed by atoms with Gasteiger partial charge in [-0.3, -0.25) is 4.79 Å². The predicted molar refractivity (Wildman–Crippen MR) is 110 cm³/mol. The minimum atomic E-state index is -3.82. The molecule has 1 fully saturated rings. The summed E-state index contributed by atoms with van der Waals surface area (Å²) in [6, 6.07) is 9.30. The van der Waals surface area contributed by atoms with Crippen LogP contribution in [0.25, 0.3) is 0 Å². The van der Waals surface area contributed by atoms with Crippen LogP contribution >= 0.6 is 0 Å². The van der Waals surface area contributed by atoms with Gasteiger partial charge in [0.25, 0.3) is 0 Å². The molecular formula is C22H26F2N2O3S. The molecule has 0 radical (unpaired) electrons. The zero-order valence-corrected chi connectivity index (χ0v) is 17.8. The SMILES string of the molecule is Cc1ccc(S(=O)(=O)N[C@H]2CC[C@H](C(=O)N[C@H](C)c3ccc(F)cc3)CC2)cc1F. The predicted octanol–water partition coefficient (Wildman–Crippen LogP) is 3.99. The Kier molecular flexibility index (Phi) is 6.88. The Morgan fingerprint density at radius 1 is 1.03 bits per heavy atom. The third kappa shape index (κ3) is 5.43. The molecule has 162 valence electrons. The van der Waals surface area contributed by atoms with Crippen molar-refractivity contribution in [2.45, 2.75) is 56.5 Å². The van der Waals surface area contributed by atoms with Crippen LogP contribution in [0.4, 0.5) is 8.78 Å². The van der Waals surface area contributed by atoms with Crippen molar-refractivity contribution in [3.8, 4) is 0 Å². The van der Waals surface area contributed by atoms with Crippen molar-refractivity contribution in [3.05, 3.63) is 65.2 Å². The lowest BCUT2D eigenvalue weighted by atomic mass is 9.85. The number of amides is 1. The fourth-order valence-corrected chi connectivity index (χ4v) is 4.98. The van der Waals surface area contributed by atoms with Gasteiger partial charge < -0.3 is 5.32 Å². The molecule has 0 unspecified atom stereocenters. The number of hydrogen-bond donors (Lipinski definition) is 2. The van der Waals surface area contributed by atoms with Gasteiger partial charge >= 0.3 is 0 Å². The van der Waals surface area contributed by atoms with E-state index in [-0.39, 0.29) is 34.6 Å². The third-order valence-corrected chi connectivity index (χ3v) is 7.12. The monoisotopic (exact) mass is 436 g/mol. The van der Waals surface area contributed by atoms with E-state index in [1.54, 1.807) is 19.1 Å². The molecule has 0 bridgehead atoms. The molecule has 3 rings (SSSR count). The summed E-state index contributed by atoms with van der Waals surface area (Å²) in [6.07, 6.45) is 2.15. The summed E-state index contributed by atoms with van der Waals surface area (Å²) < 4.78 is 54.4. The Morgan fingerprint density at radius 2 is 1.67 bits per heavy atom. The van der Waals surface area contributed by atoms with E-state index in [4.69, 9.17) is 0 Å². The summed E-state index contributed by atoms with van der Waals surface area (Å²) >= 11 is 0. The Bertz CT molecular complexity index is 1000. The molecular weight excluding hydrogens is 410 g/mol. The van der Waals surface area contributed by atoms with Crippen molar-refractivity contribution in [2.75, 3.05) is 0 Å². The van der Waals surface area contributed by atoms with Crippen LogP contribution < -0.4 is 10.0 Å². The maximum absolute atomic E-state index is 13.7. The highest BCUT2D eigenvalue weighted by Gasteiger charge is 2.30. The average Bonchev–Trinajstić information content (AvgIpc) is 2.70. The first-order chi connectivity index (χ1) is 14.2. The van der Waals surface area contributed by atoms with Gasteiger partial charge in [0.15, 0.2) is 0 Å². The van der Waals surface area contributed by atoms with E-state index >= 15 is 0 Å². The lowest BCUT2D eigenvalue weighted by molar-refractivity contribution is -0.126. The van der Waals surface area contributed by atoms with Gasteiger partial charge in [-0.15, -0.1) is 0 Å². The van der Waals surface area contributed by atoms with E-state index in [1.165, 1.54) is 24.3 Å². The van der Waals surface area contributed by atoms with Crippen LogP contribution in [0.15, 0.2) is 47.4 Å². The van der Waals surface area contributed by atoms with Crippen LogP contribution in [0.3, 0.4) is 0 Å². The molecule has 1 amide bonds. The van der Waals surface area contributed by atoms with Crippen LogP contribution in [0, 0.1) is 24.5 Å². The van der Waals surface area contributed by atoms with Gasteiger partial charge in [0, 0.05) is 12.0 Å². The van der Waals surface area contributed by atoms with Crippen LogP contribution in [0.2, 0.25) is 0 Å². The van der Waals surface area contributed by atoms with Crippen molar-refractivity contribution in [3.63, 3.8) is 0 Å². The summed E-state index contributed by atoms with van der Waals surface area (Å²) in [5.41, 5.74) is 1.20. The molecule has 2 N–H and O–H groups in total. The second-order valence-corrected chi connectivity index (χ2v) is 9.58. The molecule has 0 aromatic heterocycles. The van der Waals surface area contributed by atoms with Crippen molar-refractivity contribution >= 4 is 15.9 Å². The van der Waals surface area contributed by atoms with E-state index in [1.807, 2.05) is 6.92 Å². The molecule has 0 aliphatic heterocycles. The van der Waals surface area contributed by atoms with Crippen LogP contribution in [-0.2, 0) is 14.8 Å². The number of aryl methyl sites for hydroxylation is 1. The minimum absolute atomic E-state index is 0.0891. The summed E-state index contributed by atoms with van der Waals surface area (Å²) in [7, 11) is -3.82. The van der Waals surface area contributed by atoms with Gasteiger partial charge in [-0.1, -0.05) is 18.2 Å². The zero-order valence-electron chi connectivity index (χ0n) is 17.0. The number of carbonyl (C=O) groups is 1. The molecule has 1 saturated carbocycles. The molecule has 2 aromatic carbocycles. The molecule has 1 aliphatic rings. The summed E-state index contributed by atoms with van der Waals surface area (Å²) in [6.45, 7) is 3.41. The van der Waals surface area contributed by atoms with E-state index in [0.717, 1.165) is 11.6 Å². The van der Waals surface area contributed by atoms with Crippen LogP contribution in [0.5, 0.6) is 0 Å². The van der Waals surface area contributed by atoms with E-state index in [2.05, 4.69) is 10.0 Å². The first kappa shape index (κ1) is 22.4. The highest BCUT2D eigenvalue weighted by atomic mass is 32.2. The van der Waals surface area contributed by atoms with E-state index in [9.17, 15) is 22.0 Å². The van der Waals surface area contributed by atoms with Gasteiger partial charge in [0.2, 0.25) is 15.9 Å². The second-order valence-electron chi connectivity index (χ2n) is 7.86. The Hall–Kier alpha value is -2.32. The largest absolute Gasteiger partial charge is 0.349 e. The summed E-state index contributed by atoms with van der Waals surface area (Å²) in [4.78, 5) is 12.5. The van der Waals surface area contributed by atoms with Crippen molar-refractivity contribution in [1.82, 2.24) is 10.0 Å². The van der Waals surface area contributed by atoms with Gasteiger partial charge in [-0.05, 0) is 74.9 Å². The first-order valence-corrected chi connectivity index (χ1v) is 11.5. The molecule has 1 aliphatic carbocycles. The van der Waals surface area contributed by atoms with E-state index in [0.29, 0.717) is 31.2 Å². The third-order valence-electron chi connectivity index (χ3n) is 5.60. The summed E-state index contributed by atoms with van der Waals surface area (Å²) in [5, 5.41) is 2.94. The molecule has 5 nitrogen and oxygen atoms in total. The number of nitrogens with one attached hydrogen (secondary N) is 2. The molecule has 1 atom stereocenters. The van der Waals surface area contributed by atoms with Gasteiger partial charge in [-0.25, -0.2) is 21.9 Å². The Morgan fingerprint density at radius 3 is 2.27 bits per heavy atom. The maximum Gasteiger partial charge on any atom is 0.240 e. The number of hydrogen-bond acceptors (Lipinski definition) is 3. The molecule has 0 heterocycles. The van der Waals surface area contributed by atoms with Crippen LogP contribution in [-0.4, -0.2) is 20.4 Å². The Balaban J connectivity index is 1.53. The molecule has 30 heavy (non-hydrogen) atoms. The number of halogens is 2. The normalized spacial score (nSPS) is 20.5. The molecule has 0 spiro atoms. The van der Waals surface area contributed by atoms with E-state index < -0.39 is 15.8 Å². The van der Waals surface area contributed by atoms with Crippen LogP contribution in [0.1, 0.15) is 49.8 Å². The summed E-state index contributed by atoms with van der Waals surface area (Å²) in [5.74, 6) is -1.18. The highest BCUT2D eigenvalue weighted by Crippen LogP contribution is 2.27. The fraction of sp³-hybridized carbons (Fsp3) is 0.409. The smallest absolute Gasteiger partial charge is 0.240 e. The second kappa shape index (κ2) is 9.22. The minimum Gasteiger partial charge on any atom is -0.349 e. The topological polar surface area (TPSA) is 75.3 Å². The van der Waals surface area contributed by atoms with Gasteiger partial charge in [0.05, 0.1) is 10.9 Å².